The average Bonchev–Trinajstić information content (AvgIpc) is 3.35. The monoisotopic (exact) mass is 421 g/mol. The molecule has 0 bridgehead atoms. The quantitative estimate of drug-likeness (QED) is 0.584. The first kappa shape index (κ1) is 19.4. The van der Waals surface area contributed by atoms with E-state index in [1.54, 1.807) is 18.2 Å². The first-order chi connectivity index (χ1) is 14.0. The van der Waals surface area contributed by atoms with E-state index in [2.05, 4.69) is 4.90 Å². The van der Waals surface area contributed by atoms with Crippen LogP contribution in [0.15, 0.2) is 30.3 Å². The fourth-order valence-electron chi connectivity index (χ4n) is 3.53. The number of carbonyl (C=O) groups excluding carboxylic acids is 1. The molecular weight excluding hydrogens is 401 g/mol. The third-order valence-corrected chi connectivity index (χ3v) is 6.17. The Balaban J connectivity index is 1.42. The first-order valence-corrected chi connectivity index (χ1v) is 10.00. The molecule has 2 saturated heterocycles. The Bertz CT molecular complexity index is 931. The second kappa shape index (κ2) is 7.84. The summed E-state index contributed by atoms with van der Waals surface area (Å²) in [7, 11) is 0. The number of carbonyl (C=O) groups is 1. The highest BCUT2D eigenvalue weighted by atomic mass is 32.1. The van der Waals surface area contributed by atoms with Gasteiger partial charge in [-0.05, 0) is 35.6 Å². The van der Waals surface area contributed by atoms with Gasteiger partial charge >= 0.3 is 11.1 Å². The van der Waals surface area contributed by atoms with E-state index in [0.717, 1.165) is 16.3 Å². The lowest BCUT2D eigenvalue weighted by molar-refractivity contribution is -0.380. The third-order valence-electron chi connectivity index (χ3n) is 5.07. The number of nitrogens with two attached hydrogens (primary N) is 1. The SMILES string of the molecule is NCC1CN(c2ccc(N3CCN(c4ccc([N+](=O)[O-])s4)CC3)c(F)c2)C(=O)O1. The molecule has 0 radical (unpaired) electrons. The molecular formula is C18H20FN5O4S. The second-order valence-electron chi connectivity index (χ2n) is 6.83. The number of ether oxygens (including phenoxy) is 1. The van der Waals surface area contributed by atoms with Crippen LogP contribution in [0.2, 0.25) is 0 Å². The lowest BCUT2D eigenvalue weighted by atomic mass is 10.2. The number of hydrogen-bond donors (Lipinski definition) is 1. The van der Waals surface area contributed by atoms with Crippen LogP contribution in [0.1, 0.15) is 0 Å². The van der Waals surface area contributed by atoms with Gasteiger partial charge in [0.25, 0.3) is 0 Å². The minimum absolute atomic E-state index is 0.112. The lowest BCUT2D eigenvalue weighted by Crippen LogP contribution is -2.46. The molecule has 154 valence electrons. The van der Waals surface area contributed by atoms with Crippen LogP contribution in [0.3, 0.4) is 0 Å². The van der Waals surface area contributed by atoms with Crippen molar-refractivity contribution in [2.24, 2.45) is 5.73 Å². The minimum Gasteiger partial charge on any atom is -0.443 e. The number of cyclic esters (lactones) is 1. The van der Waals surface area contributed by atoms with Crippen molar-refractivity contribution in [3.63, 3.8) is 0 Å². The van der Waals surface area contributed by atoms with Crippen LogP contribution in [-0.2, 0) is 4.74 Å². The number of amides is 1. The van der Waals surface area contributed by atoms with Crippen molar-refractivity contribution >= 4 is 38.8 Å². The summed E-state index contributed by atoms with van der Waals surface area (Å²) in [6.45, 7) is 2.97. The van der Waals surface area contributed by atoms with Crippen LogP contribution < -0.4 is 20.4 Å². The molecule has 2 aliphatic heterocycles. The number of nitro groups is 1. The van der Waals surface area contributed by atoms with Crippen LogP contribution in [0.5, 0.6) is 0 Å². The Kier molecular flexibility index (Phi) is 5.24. The summed E-state index contributed by atoms with van der Waals surface area (Å²) in [4.78, 5) is 27.8. The standard InChI is InChI=1S/C18H20FN5O4S/c19-14-9-12(23-11-13(10-20)28-18(23)25)1-2-15(14)21-5-7-22(8-6-21)16-3-4-17(29-16)24(26)27/h1-4,9,13H,5-8,10-11,20H2. The normalized spacial score (nSPS) is 19.6. The van der Waals surface area contributed by atoms with Gasteiger partial charge in [-0.15, -0.1) is 0 Å². The summed E-state index contributed by atoms with van der Waals surface area (Å²) < 4.78 is 19.9. The zero-order valence-corrected chi connectivity index (χ0v) is 16.3. The summed E-state index contributed by atoms with van der Waals surface area (Å²) in [5.41, 5.74) is 6.44. The number of piperazine rings is 1. The summed E-state index contributed by atoms with van der Waals surface area (Å²) >= 11 is 1.14. The number of halogens is 1. The Labute approximate surface area is 170 Å². The van der Waals surface area contributed by atoms with Crippen LogP contribution >= 0.6 is 11.3 Å². The van der Waals surface area contributed by atoms with Crippen LogP contribution in [-0.4, -0.2) is 56.4 Å². The molecule has 29 heavy (non-hydrogen) atoms. The van der Waals surface area contributed by atoms with Gasteiger partial charge in [0.05, 0.1) is 27.8 Å². The molecule has 4 rings (SSSR count). The summed E-state index contributed by atoms with van der Waals surface area (Å²) in [6, 6.07) is 7.96. The van der Waals surface area contributed by atoms with Crippen molar-refractivity contribution in [3.05, 3.63) is 46.3 Å². The zero-order chi connectivity index (χ0) is 20.5. The summed E-state index contributed by atoms with van der Waals surface area (Å²) in [5, 5.41) is 11.8. The fourth-order valence-corrected chi connectivity index (χ4v) is 4.40. The maximum absolute atomic E-state index is 14.8. The van der Waals surface area contributed by atoms with Crippen molar-refractivity contribution in [3.8, 4) is 0 Å². The molecule has 1 amide bonds. The van der Waals surface area contributed by atoms with E-state index < -0.39 is 16.8 Å². The van der Waals surface area contributed by atoms with Crippen molar-refractivity contribution < 1.29 is 18.8 Å². The molecule has 11 heteroatoms. The number of benzene rings is 1. The van der Waals surface area contributed by atoms with Gasteiger partial charge in [-0.3, -0.25) is 15.0 Å². The van der Waals surface area contributed by atoms with Gasteiger partial charge < -0.3 is 20.3 Å². The van der Waals surface area contributed by atoms with Gasteiger partial charge in [0.2, 0.25) is 0 Å². The highest BCUT2D eigenvalue weighted by Crippen LogP contribution is 2.33. The van der Waals surface area contributed by atoms with E-state index in [1.807, 2.05) is 4.90 Å². The third kappa shape index (κ3) is 3.83. The number of anilines is 3. The molecule has 2 aromatic rings. The van der Waals surface area contributed by atoms with Crippen molar-refractivity contribution in [1.82, 2.24) is 0 Å². The van der Waals surface area contributed by atoms with Gasteiger partial charge in [-0.2, -0.15) is 0 Å². The zero-order valence-electron chi connectivity index (χ0n) is 15.5. The summed E-state index contributed by atoms with van der Waals surface area (Å²) in [6.07, 6.45) is -0.905. The van der Waals surface area contributed by atoms with Crippen LogP contribution in [0.4, 0.5) is 30.6 Å². The number of rotatable bonds is 5. The lowest BCUT2D eigenvalue weighted by Gasteiger charge is -2.36. The molecule has 2 N–H and O–H groups in total. The Hall–Kier alpha value is -2.92. The van der Waals surface area contributed by atoms with E-state index in [4.69, 9.17) is 10.5 Å². The van der Waals surface area contributed by atoms with Crippen molar-refractivity contribution in [1.29, 1.82) is 0 Å². The molecule has 0 aliphatic carbocycles. The first-order valence-electron chi connectivity index (χ1n) is 9.18. The van der Waals surface area contributed by atoms with Crippen LogP contribution in [0.25, 0.3) is 0 Å². The smallest absolute Gasteiger partial charge is 0.414 e. The molecule has 3 heterocycles. The Morgan fingerprint density at radius 1 is 1.21 bits per heavy atom. The van der Waals surface area contributed by atoms with Gasteiger partial charge in [0.1, 0.15) is 11.9 Å². The number of hydrogen-bond acceptors (Lipinski definition) is 8. The van der Waals surface area contributed by atoms with E-state index in [0.29, 0.717) is 44.1 Å². The molecule has 1 unspecified atom stereocenters. The topological polar surface area (TPSA) is 105 Å². The van der Waals surface area contributed by atoms with E-state index in [-0.39, 0.29) is 17.6 Å². The Morgan fingerprint density at radius 2 is 1.93 bits per heavy atom. The fraction of sp³-hybridized carbons (Fsp3) is 0.389. The van der Waals surface area contributed by atoms with Gasteiger partial charge in [-0.25, -0.2) is 9.18 Å². The molecule has 0 spiro atoms. The Morgan fingerprint density at radius 3 is 2.52 bits per heavy atom. The number of thiophene rings is 1. The highest BCUT2D eigenvalue weighted by Gasteiger charge is 2.32. The molecule has 2 fully saturated rings. The molecule has 9 nitrogen and oxygen atoms in total. The van der Waals surface area contributed by atoms with Crippen molar-refractivity contribution in [2.75, 3.05) is 54.0 Å². The predicted octanol–water partition coefficient (Wildman–Crippen LogP) is 2.41. The second-order valence-corrected chi connectivity index (χ2v) is 7.87. The number of nitrogens with zero attached hydrogens (tertiary/aromatic N) is 4. The van der Waals surface area contributed by atoms with Gasteiger partial charge in [-0.1, -0.05) is 0 Å². The predicted molar refractivity (Wildman–Crippen MR) is 108 cm³/mol. The largest absolute Gasteiger partial charge is 0.443 e. The molecule has 1 atom stereocenters. The maximum atomic E-state index is 14.8. The molecule has 0 saturated carbocycles. The summed E-state index contributed by atoms with van der Waals surface area (Å²) in [5.74, 6) is -0.410. The van der Waals surface area contributed by atoms with E-state index >= 15 is 0 Å². The maximum Gasteiger partial charge on any atom is 0.414 e. The van der Waals surface area contributed by atoms with Gasteiger partial charge in [0, 0.05) is 38.8 Å². The highest BCUT2D eigenvalue weighted by molar-refractivity contribution is 7.19. The van der Waals surface area contributed by atoms with Crippen molar-refractivity contribution in [2.45, 2.75) is 6.10 Å². The van der Waals surface area contributed by atoms with E-state index in [1.165, 1.54) is 17.0 Å². The minimum atomic E-state index is -0.522. The molecule has 1 aromatic carbocycles. The molecule has 2 aliphatic rings. The average molecular weight is 421 g/mol. The van der Waals surface area contributed by atoms with Crippen LogP contribution in [0, 0.1) is 15.9 Å². The molecule has 1 aromatic heterocycles. The van der Waals surface area contributed by atoms with E-state index in [9.17, 15) is 19.3 Å². The van der Waals surface area contributed by atoms with Gasteiger partial charge in [0.15, 0.2) is 0 Å².